The van der Waals surface area contributed by atoms with E-state index in [0.717, 1.165) is 0 Å². The molecule has 4 heterocycles. The second-order valence-electron chi connectivity index (χ2n) is 13.8. The monoisotopic (exact) mass is 506 g/mol. The Kier molecular flexibility index (Phi) is 3.91. The summed E-state index contributed by atoms with van der Waals surface area (Å²) in [4.78, 5) is 5.56. The highest BCUT2D eigenvalue weighted by molar-refractivity contribution is 6.93. The summed E-state index contributed by atoms with van der Waals surface area (Å²) in [5.41, 5.74) is 17.5. The van der Waals surface area contributed by atoms with Gasteiger partial charge in [0, 0.05) is 39.1 Å². The van der Waals surface area contributed by atoms with Gasteiger partial charge in [-0.2, -0.15) is 0 Å². The van der Waals surface area contributed by atoms with E-state index in [0.29, 0.717) is 0 Å². The fourth-order valence-corrected chi connectivity index (χ4v) is 9.55. The lowest BCUT2D eigenvalue weighted by Crippen LogP contribution is -2.65. The Morgan fingerprint density at radius 2 is 1.44 bits per heavy atom. The molecule has 4 aromatic rings. The zero-order chi connectivity index (χ0) is 26.5. The summed E-state index contributed by atoms with van der Waals surface area (Å²) in [6, 6.07) is 28.5. The number of fused-ring (bicyclic) bond motifs is 9. The van der Waals surface area contributed by atoms with E-state index in [1.54, 1.807) is 5.56 Å². The average Bonchev–Trinajstić information content (AvgIpc) is 3.15. The Bertz CT molecular complexity index is 1770. The average molecular weight is 507 g/mol. The Labute approximate surface area is 232 Å². The van der Waals surface area contributed by atoms with Crippen LogP contribution in [0.3, 0.4) is 0 Å². The van der Waals surface area contributed by atoms with Gasteiger partial charge < -0.3 is 9.71 Å². The number of aryl methyl sites for hydroxylation is 1. The SMILES string of the molecule is Cc1cc2c3c(c1)N1c4c(cccc4C4(C)CCCCC14C)B3N1c3ccccc3C(C)(C)c3cccc-2c31. The van der Waals surface area contributed by atoms with Crippen LogP contribution in [0.25, 0.3) is 11.1 Å². The van der Waals surface area contributed by atoms with Crippen LogP contribution in [0.15, 0.2) is 72.8 Å². The van der Waals surface area contributed by atoms with E-state index in [9.17, 15) is 0 Å². The summed E-state index contributed by atoms with van der Waals surface area (Å²) >= 11 is 0. The first kappa shape index (κ1) is 22.4. The van der Waals surface area contributed by atoms with Crippen LogP contribution in [-0.2, 0) is 10.8 Å². The number of benzene rings is 4. The van der Waals surface area contributed by atoms with E-state index in [-0.39, 0.29) is 23.2 Å². The lowest BCUT2D eigenvalue weighted by molar-refractivity contribution is 0.195. The van der Waals surface area contributed by atoms with Crippen molar-refractivity contribution in [1.82, 2.24) is 0 Å². The molecule has 0 N–H and O–H groups in total. The molecule has 0 radical (unpaired) electrons. The number of nitrogens with zero attached hydrogens (tertiary/aromatic N) is 2. The van der Waals surface area contributed by atoms with E-state index >= 15 is 0 Å². The molecular weight excluding hydrogens is 471 g/mol. The van der Waals surface area contributed by atoms with Gasteiger partial charge in [-0.1, -0.05) is 94.3 Å². The maximum atomic E-state index is 2.83. The highest BCUT2D eigenvalue weighted by Gasteiger charge is 2.62. The molecule has 2 unspecified atom stereocenters. The predicted molar refractivity (Wildman–Crippen MR) is 165 cm³/mol. The zero-order valence-electron chi connectivity index (χ0n) is 23.7. The van der Waals surface area contributed by atoms with Crippen molar-refractivity contribution in [3.63, 3.8) is 0 Å². The highest BCUT2D eigenvalue weighted by Crippen LogP contribution is 2.63. The zero-order valence-corrected chi connectivity index (χ0v) is 23.7. The van der Waals surface area contributed by atoms with Gasteiger partial charge in [0.25, 0.3) is 0 Å². The summed E-state index contributed by atoms with van der Waals surface area (Å²) < 4.78 is 0. The van der Waals surface area contributed by atoms with Gasteiger partial charge in [0.2, 0.25) is 0 Å². The van der Waals surface area contributed by atoms with Crippen LogP contribution < -0.4 is 20.6 Å². The van der Waals surface area contributed by atoms with Gasteiger partial charge in [-0.05, 0) is 77.6 Å². The van der Waals surface area contributed by atoms with Crippen LogP contribution in [0, 0.1) is 6.92 Å². The first-order valence-electron chi connectivity index (χ1n) is 14.9. The van der Waals surface area contributed by atoms with E-state index < -0.39 is 0 Å². The van der Waals surface area contributed by atoms with Gasteiger partial charge in [-0.3, -0.25) is 0 Å². The summed E-state index contributed by atoms with van der Waals surface area (Å²) in [5.74, 6) is 0. The van der Waals surface area contributed by atoms with Gasteiger partial charge in [0.15, 0.2) is 0 Å². The van der Waals surface area contributed by atoms with Crippen LogP contribution in [-0.4, -0.2) is 12.4 Å². The fourth-order valence-electron chi connectivity index (χ4n) is 9.55. The minimum Gasteiger partial charge on any atom is -0.376 e. The maximum Gasteiger partial charge on any atom is 0.333 e. The van der Waals surface area contributed by atoms with Crippen LogP contribution in [0.5, 0.6) is 0 Å². The van der Waals surface area contributed by atoms with Gasteiger partial charge in [0.05, 0.1) is 5.54 Å². The van der Waals surface area contributed by atoms with Gasteiger partial charge in [0.1, 0.15) is 0 Å². The lowest BCUT2D eigenvalue weighted by atomic mass is 9.42. The minimum absolute atomic E-state index is 0.0577. The van der Waals surface area contributed by atoms with Crippen molar-refractivity contribution in [3.8, 4) is 11.1 Å². The van der Waals surface area contributed by atoms with Crippen molar-refractivity contribution in [1.29, 1.82) is 0 Å². The van der Waals surface area contributed by atoms with Crippen LogP contribution in [0.2, 0.25) is 0 Å². The van der Waals surface area contributed by atoms with E-state index in [1.807, 2.05) is 0 Å². The third-order valence-corrected chi connectivity index (χ3v) is 11.6. The topological polar surface area (TPSA) is 6.48 Å². The van der Waals surface area contributed by atoms with Crippen molar-refractivity contribution >= 4 is 40.5 Å². The number of para-hydroxylation sites is 3. The molecule has 39 heavy (non-hydrogen) atoms. The molecule has 0 saturated heterocycles. The van der Waals surface area contributed by atoms with Crippen molar-refractivity contribution in [2.45, 2.75) is 76.7 Å². The van der Waals surface area contributed by atoms with Crippen molar-refractivity contribution < 1.29 is 0 Å². The van der Waals surface area contributed by atoms with Crippen LogP contribution in [0.4, 0.5) is 22.7 Å². The summed E-state index contributed by atoms with van der Waals surface area (Å²) in [7, 11) is 0. The summed E-state index contributed by atoms with van der Waals surface area (Å²) in [5, 5.41) is 0. The van der Waals surface area contributed by atoms with Crippen molar-refractivity contribution in [2.75, 3.05) is 9.71 Å². The third-order valence-electron chi connectivity index (χ3n) is 11.6. The van der Waals surface area contributed by atoms with Crippen LogP contribution in [0.1, 0.15) is 75.6 Å². The Hall–Kier alpha value is -3.46. The molecule has 0 spiro atoms. The molecule has 0 bridgehead atoms. The Morgan fingerprint density at radius 1 is 0.692 bits per heavy atom. The molecule has 3 heteroatoms. The molecule has 0 amide bonds. The molecule has 9 rings (SSSR count). The molecule has 5 aliphatic rings. The first-order chi connectivity index (χ1) is 18.8. The molecule has 4 aliphatic heterocycles. The molecule has 1 saturated carbocycles. The predicted octanol–water partition coefficient (Wildman–Crippen LogP) is 7.61. The van der Waals surface area contributed by atoms with Crippen molar-refractivity contribution in [3.05, 3.63) is 95.1 Å². The number of hydrogen-bond acceptors (Lipinski definition) is 2. The van der Waals surface area contributed by atoms with E-state index in [2.05, 4.69) is 117 Å². The first-order valence-corrected chi connectivity index (χ1v) is 14.9. The highest BCUT2D eigenvalue weighted by atomic mass is 15.3. The Morgan fingerprint density at radius 3 is 2.31 bits per heavy atom. The molecule has 2 atom stereocenters. The van der Waals surface area contributed by atoms with Gasteiger partial charge >= 0.3 is 6.85 Å². The van der Waals surface area contributed by atoms with Crippen LogP contribution >= 0.6 is 0 Å². The Balaban J connectivity index is 1.46. The smallest absolute Gasteiger partial charge is 0.333 e. The number of rotatable bonds is 0. The largest absolute Gasteiger partial charge is 0.376 e. The fraction of sp³-hybridized carbons (Fsp3) is 0.333. The molecule has 0 aromatic heterocycles. The molecule has 1 fully saturated rings. The molecule has 2 nitrogen and oxygen atoms in total. The number of anilines is 4. The number of hydrogen-bond donors (Lipinski definition) is 0. The van der Waals surface area contributed by atoms with E-state index in [4.69, 9.17) is 0 Å². The normalized spacial score (nSPS) is 25.9. The summed E-state index contributed by atoms with van der Waals surface area (Å²) in [6.07, 6.45) is 5.14. The summed E-state index contributed by atoms with van der Waals surface area (Å²) in [6.45, 7) is 12.4. The second kappa shape index (κ2) is 6.81. The molecule has 1 aliphatic carbocycles. The maximum absolute atomic E-state index is 2.83. The standard InChI is InChI=1S/C36H35BN2/c1-22-20-24-23-12-10-14-26-32(23)39(29-17-7-6-13-25(29)34(26,2)3)37-28-16-11-15-27-33(28)38(30(21-22)31(24)37)36(5)19-9-8-18-35(27,36)4/h6-7,10-17,20-21H,8-9,18-19H2,1-5H3. The molecular formula is C36H35BN2. The molecule has 4 aromatic carbocycles. The lowest BCUT2D eigenvalue weighted by Gasteiger charge is -2.54. The van der Waals surface area contributed by atoms with E-state index in [1.165, 1.54) is 87.2 Å². The third kappa shape index (κ3) is 2.32. The molecule has 192 valence electrons. The minimum atomic E-state index is -0.0577. The quantitative estimate of drug-likeness (QED) is 0.227. The second-order valence-corrected chi connectivity index (χ2v) is 13.8. The van der Waals surface area contributed by atoms with Crippen molar-refractivity contribution in [2.24, 2.45) is 0 Å². The van der Waals surface area contributed by atoms with Gasteiger partial charge in [-0.15, -0.1) is 0 Å². The van der Waals surface area contributed by atoms with Gasteiger partial charge in [-0.25, -0.2) is 0 Å².